The summed E-state index contributed by atoms with van der Waals surface area (Å²) in [4.78, 5) is 12.0. The van der Waals surface area contributed by atoms with Crippen molar-refractivity contribution in [2.24, 2.45) is 12.2 Å². The van der Waals surface area contributed by atoms with Crippen LogP contribution >= 0.6 is 15.9 Å². The molecule has 3 N–H and O–H groups in total. The highest BCUT2D eigenvalue weighted by atomic mass is 79.9. The predicted molar refractivity (Wildman–Crippen MR) is 81.4 cm³/mol. The number of anilines is 1. The smallest absolute Gasteiger partial charge is 0.258 e. The summed E-state index contributed by atoms with van der Waals surface area (Å²) in [5, 5.41) is 11.4. The van der Waals surface area contributed by atoms with E-state index in [1.54, 1.807) is 18.2 Å². The van der Waals surface area contributed by atoms with E-state index in [4.69, 9.17) is 5.14 Å². The van der Waals surface area contributed by atoms with Crippen molar-refractivity contribution < 1.29 is 13.2 Å². The molecule has 0 atom stereocenters. The van der Waals surface area contributed by atoms with Crippen molar-refractivity contribution in [2.75, 3.05) is 5.32 Å². The summed E-state index contributed by atoms with van der Waals surface area (Å²) < 4.78 is 24.8. The van der Waals surface area contributed by atoms with Gasteiger partial charge in [-0.15, -0.1) is 0 Å². The van der Waals surface area contributed by atoms with Crippen LogP contribution in [-0.4, -0.2) is 24.1 Å². The highest BCUT2D eigenvalue weighted by Crippen LogP contribution is 2.22. The molecule has 112 valence electrons. The van der Waals surface area contributed by atoms with Gasteiger partial charge in [-0.3, -0.25) is 9.48 Å². The number of nitrogens with two attached hydrogens (primary N) is 1. The first-order valence-corrected chi connectivity index (χ1v) is 8.16. The molecule has 1 aromatic heterocycles. The van der Waals surface area contributed by atoms with Gasteiger partial charge in [-0.25, -0.2) is 13.6 Å². The molecule has 0 aliphatic carbocycles. The number of primary sulfonamides is 1. The number of hydrogen-bond donors (Lipinski definition) is 2. The van der Waals surface area contributed by atoms with Gasteiger partial charge < -0.3 is 5.32 Å². The maximum Gasteiger partial charge on any atom is 0.258 e. The van der Waals surface area contributed by atoms with Gasteiger partial charge in [0, 0.05) is 17.7 Å². The van der Waals surface area contributed by atoms with Crippen molar-refractivity contribution in [3.63, 3.8) is 0 Å². The Morgan fingerprint density at radius 2 is 2.10 bits per heavy atom. The van der Waals surface area contributed by atoms with Gasteiger partial charge in [-0.2, -0.15) is 5.10 Å². The molecule has 0 unspecified atom stereocenters. The number of nitrogens with one attached hydrogen (secondary N) is 1. The van der Waals surface area contributed by atoms with Crippen LogP contribution in [0.25, 0.3) is 0 Å². The molecule has 0 radical (unpaired) electrons. The van der Waals surface area contributed by atoms with Crippen LogP contribution in [0.15, 0.2) is 33.8 Å². The minimum atomic E-state index is -3.97. The third kappa shape index (κ3) is 3.49. The van der Waals surface area contributed by atoms with Crippen molar-refractivity contribution in [1.82, 2.24) is 9.78 Å². The van der Waals surface area contributed by atoms with E-state index in [-0.39, 0.29) is 10.7 Å². The van der Waals surface area contributed by atoms with Crippen LogP contribution in [0, 0.1) is 6.92 Å². The maximum absolute atomic E-state index is 12.2. The molecule has 0 bridgehead atoms. The average Bonchev–Trinajstić information content (AvgIpc) is 2.69. The second-order valence-electron chi connectivity index (χ2n) is 4.50. The second-order valence-corrected chi connectivity index (χ2v) is 6.88. The highest BCUT2D eigenvalue weighted by molar-refractivity contribution is 9.10. The van der Waals surface area contributed by atoms with Crippen molar-refractivity contribution in [1.29, 1.82) is 0 Å². The van der Waals surface area contributed by atoms with E-state index in [0.717, 1.165) is 5.56 Å². The van der Waals surface area contributed by atoms with Gasteiger partial charge in [0.05, 0.1) is 5.56 Å². The van der Waals surface area contributed by atoms with E-state index in [1.807, 2.05) is 6.92 Å². The average molecular weight is 373 g/mol. The number of aryl methyl sites for hydroxylation is 2. The molecular weight excluding hydrogens is 360 g/mol. The Labute approximate surface area is 130 Å². The monoisotopic (exact) mass is 372 g/mol. The third-order valence-corrected chi connectivity index (χ3v) is 4.27. The predicted octanol–water partition coefficient (Wildman–Crippen LogP) is 1.39. The lowest BCUT2D eigenvalue weighted by atomic mass is 10.1. The Hall–Kier alpha value is -1.71. The summed E-state index contributed by atoms with van der Waals surface area (Å²) in [5.74, 6) is -0.581. The second kappa shape index (κ2) is 5.58. The molecule has 0 aliphatic heterocycles. The van der Waals surface area contributed by atoms with Gasteiger partial charge in [0.15, 0.2) is 5.82 Å². The number of aromatic nitrogens is 2. The van der Waals surface area contributed by atoms with Crippen molar-refractivity contribution >= 4 is 37.7 Å². The number of rotatable bonds is 3. The van der Waals surface area contributed by atoms with Crippen molar-refractivity contribution in [2.45, 2.75) is 11.8 Å². The molecule has 0 fully saturated rings. The number of carbonyl (C=O) groups excluding carboxylic acids is 1. The molecule has 1 heterocycles. The fraction of sp³-hybridized carbons (Fsp3) is 0.167. The lowest BCUT2D eigenvalue weighted by Crippen LogP contribution is -2.18. The summed E-state index contributed by atoms with van der Waals surface area (Å²) in [6, 6.07) is 5.20. The Morgan fingerprint density at radius 1 is 1.43 bits per heavy atom. The number of hydrogen-bond acceptors (Lipinski definition) is 4. The summed E-state index contributed by atoms with van der Waals surface area (Å²) in [6.45, 7) is 1.89. The minimum Gasteiger partial charge on any atom is -0.304 e. The molecule has 0 saturated carbocycles. The lowest BCUT2D eigenvalue weighted by molar-refractivity contribution is 0.102. The zero-order chi connectivity index (χ0) is 15.8. The summed E-state index contributed by atoms with van der Waals surface area (Å²) >= 11 is 3.29. The third-order valence-electron chi connectivity index (χ3n) is 2.70. The van der Waals surface area contributed by atoms with E-state index in [1.165, 1.54) is 17.9 Å². The molecule has 0 aliphatic rings. The van der Waals surface area contributed by atoms with Gasteiger partial charge in [0.2, 0.25) is 10.0 Å². The van der Waals surface area contributed by atoms with Crippen LogP contribution in [-0.2, 0) is 17.1 Å². The molecule has 0 saturated heterocycles. The Bertz CT molecular complexity index is 814. The maximum atomic E-state index is 12.2. The molecule has 7 nitrogen and oxygen atoms in total. The van der Waals surface area contributed by atoms with Gasteiger partial charge in [-0.1, -0.05) is 6.07 Å². The molecule has 2 aromatic rings. The summed E-state index contributed by atoms with van der Waals surface area (Å²) in [6.07, 6.45) is 1.23. The van der Waals surface area contributed by atoms with Crippen LogP contribution in [0.4, 0.5) is 5.82 Å². The quantitative estimate of drug-likeness (QED) is 0.848. The Morgan fingerprint density at radius 3 is 2.67 bits per heavy atom. The van der Waals surface area contributed by atoms with Gasteiger partial charge >= 0.3 is 0 Å². The van der Waals surface area contributed by atoms with Crippen LogP contribution in [0.5, 0.6) is 0 Å². The van der Waals surface area contributed by atoms with E-state index < -0.39 is 15.9 Å². The van der Waals surface area contributed by atoms with Crippen LogP contribution < -0.4 is 10.5 Å². The van der Waals surface area contributed by atoms with Crippen LogP contribution in [0.2, 0.25) is 0 Å². The SMILES string of the molecule is Cc1ccc(C(=O)Nc2nn(C)cc2S(N)(=O)=O)c(Br)c1. The number of halogens is 1. The largest absolute Gasteiger partial charge is 0.304 e. The number of nitrogens with zero attached hydrogens (tertiary/aromatic N) is 2. The summed E-state index contributed by atoms with van der Waals surface area (Å²) in [5.41, 5.74) is 1.35. The van der Waals surface area contributed by atoms with E-state index >= 15 is 0 Å². The van der Waals surface area contributed by atoms with E-state index in [2.05, 4.69) is 26.3 Å². The zero-order valence-electron chi connectivity index (χ0n) is 11.3. The van der Waals surface area contributed by atoms with E-state index in [9.17, 15) is 13.2 Å². The highest BCUT2D eigenvalue weighted by Gasteiger charge is 2.21. The van der Waals surface area contributed by atoms with Crippen molar-refractivity contribution in [3.05, 3.63) is 40.0 Å². The Kier molecular flexibility index (Phi) is 4.17. The molecule has 21 heavy (non-hydrogen) atoms. The lowest BCUT2D eigenvalue weighted by Gasteiger charge is -2.06. The molecule has 1 amide bonds. The van der Waals surface area contributed by atoms with E-state index in [0.29, 0.717) is 10.0 Å². The number of benzene rings is 1. The van der Waals surface area contributed by atoms with Gasteiger partial charge in [0.1, 0.15) is 4.90 Å². The first kappa shape index (κ1) is 15.7. The van der Waals surface area contributed by atoms with Gasteiger partial charge in [0.25, 0.3) is 5.91 Å². The van der Waals surface area contributed by atoms with Crippen LogP contribution in [0.1, 0.15) is 15.9 Å². The summed E-state index contributed by atoms with van der Waals surface area (Å²) in [7, 11) is -2.43. The van der Waals surface area contributed by atoms with Crippen molar-refractivity contribution in [3.8, 4) is 0 Å². The molecule has 1 aromatic carbocycles. The molecule has 9 heteroatoms. The first-order chi connectivity index (χ1) is 9.68. The van der Waals surface area contributed by atoms with Crippen LogP contribution in [0.3, 0.4) is 0 Å². The normalized spacial score (nSPS) is 11.4. The number of carbonyl (C=O) groups is 1. The molecular formula is C12H13BrN4O3S. The topological polar surface area (TPSA) is 107 Å². The molecule has 0 spiro atoms. The Balaban J connectivity index is 2.36. The zero-order valence-corrected chi connectivity index (χ0v) is 13.7. The first-order valence-electron chi connectivity index (χ1n) is 5.82. The number of sulfonamides is 1. The number of amides is 1. The fourth-order valence-corrected chi connectivity index (χ4v) is 3.07. The minimum absolute atomic E-state index is 0.0996. The molecule has 2 rings (SSSR count). The fourth-order valence-electron chi connectivity index (χ4n) is 1.74. The standard InChI is InChI=1S/C12H13BrN4O3S/c1-7-3-4-8(9(13)5-7)12(18)15-11-10(21(14,19)20)6-17(2)16-11/h3-6H,1-2H3,(H2,14,19,20)(H,15,16,18). The van der Waals surface area contributed by atoms with Gasteiger partial charge in [-0.05, 0) is 40.5 Å².